The number of alkyl halides is 3. The highest BCUT2D eigenvalue weighted by molar-refractivity contribution is 7.22. The van der Waals surface area contributed by atoms with Crippen molar-refractivity contribution in [1.82, 2.24) is 10.3 Å². The summed E-state index contributed by atoms with van der Waals surface area (Å²) in [6.07, 6.45) is -4.85. The molecular formula is C20H15F3N4O4S. The number of nitrogens with one attached hydrogen (secondary N) is 3. The lowest BCUT2D eigenvalue weighted by Gasteiger charge is -2.13. The first-order chi connectivity index (χ1) is 15.2. The van der Waals surface area contributed by atoms with E-state index in [0.29, 0.717) is 21.5 Å². The fourth-order valence-electron chi connectivity index (χ4n) is 3.13. The van der Waals surface area contributed by atoms with E-state index in [2.05, 4.69) is 25.7 Å². The van der Waals surface area contributed by atoms with Crippen molar-refractivity contribution in [3.8, 4) is 5.75 Å². The van der Waals surface area contributed by atoms with E-state index in [1.807, 2.05) is 0 Å². The number of para-hydroxylation sites is 1. The number of benzene rings is 2. The monoisotopic (exact) mass is 464 g/mol. The Morgan fingerprint density at radius 2 is 1.97 bits per heavy atom. The Labute approximate surface area is 182 Å². The van der Waals surface area contributed by atoms with E-state index in [1.165, 1.54) is 12.1 Å². The normalized spacial score (nSPS) is 16.0. The molecule has 3 N–H and O–H groups in total. The van der Waals surface area contributed by atoms with Crippen LogP contribution in [0.5, 0.6) is 5.75 Å². The molecule has 12 heteroatoms. The fraction of sp³-hybridized carbons (Fsp3) is 0.200. The molecule has 0 saturated heterocycles. The van der Waals surface area contributed by atoms with Gasteiger partial charge in [0, 0.05) is 12.5 Å². The van der Waals surface area contributed by atoms with Gasteiger partial charge in [-0.05, 0) is 30.7 Å². The number of hydrogen-bond donors (Lipinski definition) is 3. The highest BCUT2D eigenvalue weighted by Crippen LogP contribution is 2.31. The van der Waals surface area contributed by atoms with Crippen LogP contribution in [0.15, 0.2) is 42.5 Å². The molecule has 0 fully saturated rings. The first kappa shape index (κ1) is 21.6. The summed E-state index contributed by atoms with van der Waals surface area (Å²) in [4.78, 5) is 41.2. The third-order valence-corrected chi connectivity index (χ3v) is 5.48. The SMILES string of the molecule is O=C(CC[C@@H]1NC(=O)c2ccccc2NC1=O)Nc1nc2ccc(OC(F)(F)F)cc2s1. The number of halogens is 3. The molecule has 2 heterocycles. The van der Waals surface area contributed by atoms with E-state index >= 15 is 0 Å². The Morgan fingerprint density at radius 1 is 1.19 bits per heavy atom. The number of carbonyl (C=O) groups excluding carboxylic acids is 3. The molecule has 1 aromatic heterocycles. The van der Waals surface area contributed by atoms with Crippen LogP contribution in [-0.2, 0) is 9.59 Å². The van der Waals surface area contributed by atoms with Crippen LogP contribution in [0.4, 0.5) is 24.0 Å². The number of ether oxygens (including phenoxy) is 1. The number of amides is 3. The maximum Gasteiger partial charge on any atom is 0.573 e. The minimum absolute atomic E-state index is 0.0475. The summed E-state index contributed by atoms with van der Waals surface area (Å²) < 4.78 is 41.4. The molecule has 1 aliphatic rings. The molecule has 0 aliphatic carbocycles. The van der Waals surface area contributed by atoms with Gasteiger partial charge in [-0.1, -0.05) is 23.5 Å². The van der Waals surface area contributed by atoms with Crippen molar-refractivity contribution in [1.29, 1.82) is 0 Å². The minimum Gasteiger partial charge on any atom is -0.406 e. The van der Waals surface area contributed by atoms with Crippen molar-refractivity contribution in [2.24, 2.45) is 0 Å². The van der Waals surface area contributed by atoms with E-state index in [9.17, 15) is 27.6 Å². The lowest BCUT2D eigenvalue weighted by atomic mass is 10.1. The summed E-state index contributed by atoms with van der Waals surface area (Å²) >= 11 is 0.984. The van der Waals surface area contributed by atoms with E-state index < -0.39 is 30.1 Å². The summed E-state index contributed by atoms with van der Waals surface area (Å²) in [7, 11) is 0. The Bertz CT molecular complexity index is 1210. The minimum atomic E-state index is -4.81. The molecule has 166 valence electrons. The molecule has 8 nitrogen and oxygen atoms in total. The number of anilines is 2. The summed E-state index contributed by atoms with van der Waals surface area (Å²) in [5.74, 6) is -1.71. The standard InChI is InChI=1S/C20H15F3N4O4S/c21-20(22,23)31-10-5-6-13-15(9-10)32-19(26-13)27-16(28)8-7-14-18(30)24-12-4-2-1-3-11(12)17(29)25-14/h1-6,9,14H,7-8H2,(H,24,30)(H,25,29)(H,26,27,28)/t14-/m0/s1. The lowest BCUT2D eigenvalue weighted by Crippen LogP contribution is -2.41. The van der Waals surface area contributed by atoms with E-state index in [4.69, 9.17) is 0 Å². The smallest absolute Gasteiger partial charge is 0.406 e. The summed E-state index contributed by atoms with van der Waals surface area (Å²) in [6, 6.07) is 9.32. The zero-order valence-corrected chi connectivity index (χ0v) is 17.0. The van der Waals surface area contributed by atoms with Gasteiger partial charge in [-0.25, -0.2) is 4.98 Å². The zero-order valence-electron chi connectivity index (χ0n) is 16.2. The van der Waals surface area contributed by atoms with Crippen molar-refractivity contribution in [2.45, 2.75) is 25.2 Å². The van der Waals surface area contributed by atoms with Gasteiger partial charge in [-0.15, -0.1) is 13.2 Å². The number of carbonyl (C=O) groups is 3. The van der Waals surface area contributed by atoms with Gasteiger partial charge in [0.1, 0.15) is 11.8 Å². The number of aromatic nitrogens is 1. The molecule has 3 amide bonds. The number of rotatable bonds is 5. The predicted octanol–water partition coefficient (Wildman–Crippen LogP) is 3.66. The van der Waals surface area contributed by atoms with Crippen LogP contribution in [0.25, 0.3) is 10.2 Å². The highest BCUT2D eigenvalue weighted by atomic mass is 32.1. The van der Waals surface area contributed by atoms with Gasteiger partial charge in [0.2, 0.25) is 11.8 Å². The van der Waals surface area contributed by atoms with E-state index in [0.717, 1.165) is 17.4 Å². The van der Waals surface area contributed by atoms with Crippen molar-refractivity contribution in [2.75, 3.05) is 10.6 Å². The highest BCUT2D eigenvalue weighted by Gasteiger charge is 2.31. The second-order valence-corrected chi connectivity index (χ2v) is 7.87. The molecule has 3 aromatic rings. The molecule has 0 saturated carbocycles. The average molecular weight is 464 g/mol. The summed E-state index contributed by atoms with van der Waals surface area (Å²) in [6.45, 7) is 0. The molecule has 2 aromatic carbocycles. The number of fused-ring (bicyclic) bond motifs is 2. The van der Waals surface area contributed by atoms with Crippen molar-refractivity contribution < 1.29 is 32.3 Å². The van der Waals surface area contributed by atoms with Gasteiger partial charge >= 0.3 is 6.36 Å². The average Bonchev–Trinajstić information content (AvgIpc) is 3.05. The number of nitrogens with zero attached hydrogens (tertiary/aromatic N) is 1. The lowest BCUT2D eigenvalue weighted by molar-refractivity contribution is -0.274. The van der Waals surface area contributed by atoms with Crippen LogP contribution in [0.2, 0.25) is 0 Å². The third kappa shape index (κ3) is 4.97. The third-order valence-electron chi connectivity index (χ3n) is 4.55. The van der Waals surface area contributed by atoms with Crippen LogP contribution in [0.1, 0.15) is 23.2 Å². The van der Waals surface area contributed by atoms with Crippen LogP contribution in [-0.4, -0.2) is 35.1 Å². The first-order valence-electron chi connectivity index (χ1n) is 9.35. The molecule has 1 aliphatic heterocycles. The van der Waals surface area contributed by atoms with E-state index in [-0.39, 0.29) is 23.7 Å². The van der Waals surface area contributed by atoms with Gasteiger partial charge < -0.3 is 20.7 Å². The van der Waals surface area contributed by atoms with Gasteiger partial charge in [-0.2, -0.15) is 0 Å². The van der Waals surface area contributed by atoms with Gasteiger partial charge in [0.25, 0.3) is 5.91 Å². The van der Waals surface area contributed by atoms with Crippen molar-refractivity contribution in [3.05, 3.63) is 48.0 Å². The quantitative estimate of drug-likeness (QED) is 0.534. The van der Waals surface area contributed by atoms with Crippen LogP contribution < -0.4 is 20.7 Å². The topological polar surface area (TPSA) is 109 Å². The maximum atomic E-state index is 12.4. The second-order valence-electron chi connectivity index (χ2n) is 6.84. The van der Waals surface area contributed by atoms with Gasteiger partial charge in [0.05, 0.1) is 21.5 Å². The largest absolute Gasteiger partial charge is 0.573 e. The molecule has 0 radical (unpaired) electrons. The molecule has 32 heavy (non-hydrogen) atoms. The summed E-state index contributed by atoms with van der Waals surface area (Å²) in [5.41, 5.74) is 1.12. The molecule has 1 atom stereocenters. The Balaban J connectivity index is 1.37. The molecule has 0 unspecified atom stereocenters. The zero-order chi connectivity index (χ0) is 22.9. The summed E-state index contributed by atoms with van der Waals surface area (Å²) in [5, 5.41) is 8.01. The van der Waals surface area contributed by atoms with E-state index in [1.54, 1.807) is 24.3 Å². The number of hydrogen-bond acceptors (Lipinski definition) is 6. The Morgan fingerprint density at radius 3 is 2.75 bits per heavy atom. The maximum absolute atomic E-state index is 12.4. The van der Waals surface area contributed by atoms with Crippen molar-refractivity contribution >= 4 is 50.1 Å². The predicted molar refractivity (Wildman–Crippen MR) is 110 cm³/mol. The van der Waals surface area contributed by atoms with Crippen LogP contribution >= 0.6 is 11.3 Å². The van der Waals surface area contributed by atoms with Crippen molar-refractivity contribution in [3.63, 3.8) is 0 Å². The molecular weight excluding hydrogens is 449 g/mol. The van der Waals surface area contributed by atoms with Crippen LogP contribution in [0.3, 0.4) is 0 Å². The van der Waals surface area contributed by atoms with Crippen LogP contribution in [0, 0.1) is 0 Å². The second kappa shape index (κ2) is 8.46. The fourth-order valence-corrected chi connectivity index (χ4v) is 4.04. The Hall–Kier alpha value is -3.67. The molecule has 4 rings (SSSR count). The molecule has 0 bridgehead atoms. The first-order valence-corrected chi connectivity index (χ1v) is 10.2. The number of thiazole rings is 1. The van der Waals surface area contributed by atoms with Gasteiger partial charge in [-0.3, -0.25) is 14.4 Å². The Kier molecular flexibility index (Phi) is 5.70. The molecule has 0 spiro atoms. The van der Waals surface area contributed by atoms with Gasteiger partial charge in [0.15, 0.2) is 5.13 Å².